The second-order valence-electron chi connectivity index (χ2n) is 16.3. The lowest BCUT2D eigenvalue weighted by molar-refractivity contribution is -0.145. The van der Waals surface area contributed by atoms with Crippen LogP contribution in [0.3, 0.4) is 0 Å². The molecule has 0 saturated carbocycles. The summed E-state index contributed by atoms with van der Waals surface area (Å²) in [6.45, 7) is 16.2. The van der Waals surface area contributed by atoms with Gasteiger partial charge < -0.3 is 25.3 Å². The van der Waals surface area contributed by atoms with Gasteiger partial charge in [-0.3, -0.25) is 24.0 Å². The number of carbonyl (C=O) groups is 5. The molecular weight excluding hydrogens is 685 g/mol. The van der Waals surface area contributed by atoms with Crippen LogP contribution in [0, 0.1) is 5.92 Å². The second-order valence-corrected chi connectivity index (χ2v) is 20.5. The van der Waals surface area contributed by atoms with Crippen molar-refractivity contribution in [3.05, 3.63) is 60.7 Å². The number of nitrogens with zero attached hydrogens (tertiary/aromatic N) is 1. The molecule has 0 unspecified atom stereocenters. The average molecular weight is 747 g/mol. The van der Waals surface area contributed by atoms with Crippen LogP contribution in [0.2, 0.25) is 5.04 Å². The van der Waals surface area contributed by atoms with Crippen LogP contribution >= 0.6 is 0 Å². The van der Waals surface area contributed by atoms with Crippen molar-refractivity contribution >= 4 is 48.1 Å². The van der Waals surface area contributed by atoms with Gasteiger partial charge in [0, 0.05) is 13.0 Å². The van der Waals surface area contributed by atoms with Crippen LogP contribution in [0.25, 0.3) is 0 Å². The van der Waals surface area contributed by atoms with Crippen molar-refractivity contribution in [2.75, 3.05) is 6.54 Å². The van der Waals surface area contributed by atoms with Crippen molar-refractivity contribution in [2.24, 2.45) is 5.92 Å². The third kappa shape index (κ3) is 9.46. The van der Waals surface area contributed by atoms with Crippen molar-refractivity contribution in [1.82, 2.24) is 20.9 Å². The van der Waals surface area contributed by atoms with Crippen molar-refractivity contribution in [2.45, 2.75) is 148 Å². The summed E-state index contributed by atoms with van der Waals surface area (Å²) in [7, 11) is -2.89. The van der Waals surface area contributed by atoms with Gasteiger partial charge >= 0.3 is 0 Å². The molecule has 0 spiro atoms. The van der Waals surface area contributed by atoms with Gasteiger partial charge in [-0.15, -0.1) is 0 Å². The Morgan fingerprint density at radius 1 is 0.906 bits per heavy atom. The van der Waals surface area contributed by atoms with Gasteiger partial charge in [0.1, 0.15) is 29.8 Å². The van der Waals surface area contributed by atoms with E-state index in [0.29, 0.717) is 64.3 Å². The normalized spacial score (nSPS) is 24.2. The van der Waals surface area contributed by atoms with E-state index in [1.165, 1.54) is 0 Å². The quantitative estimate of drug-likeness (QED) is 0.189. The van der Waals surface area contributed by atoms with Crippen LogP contribution in [-0.4, -0.2) is 78.9 Å². The Morgan fingerprint density at radius 2 is 1.51 bits per heavy atom. The van der Waals surface area contributed by atoms with Crippen LogP contribution in [-0.2, 0) is 28.4 Å². The van der Waals surface area contributed by atoms with Gasteiger partial charge in [-0.2, -0.15) is 0 Å². The highest BCUT2D eigenvalue weighted by molar-refractivity contribution is 6.99. The summed E-state index contributed by atoms with van der Waals surface area (Å²) in [6, 6.07) is 18.1. The zero-order valence-electron chi connectivity index (χ0n) is 33.1. The number of fused-ring (bicyclic) bond motifs is 1. The first kappa shape index (κ1) is 41.9. The maximum atomic E-state index is 13.8. The maximum absolute atomic E-state index is 13.8. The molecule has 2 aliphatic rings. The largest absolute Gasteiger partial charge is 0.398 e. The zero-order valence-corrected chi connectivity index (χ0v) is 34.1. The SMILES string of the molecule is CC[C@H](C)[C@@H]1NC(=O)[C@](C)(CC)NC(=O)[C@H](CCCCCC(=O)[C@H](C)O[Si](c2ccccc2)(c2ccccc2)C(C)(C)C)NC(=O)[C@H]2CCCN2C1=O. The van der Waals surface area contributed by atoms with Crippen molar-refractivity contribution in [3.63, 3.8) is 0 Å². The fourth-order valence-corrected chi connectivity index (χ4v) is 12.4. The van der Waals surface area contributed by atoms with E-state index >= 15 is 0 Å². The van der Waals surface area contributed by atoms with E-state index in [9.17, 15) is 24.0 Å². The lowest BCUT2D eigenvalue weighted by atomic mass is 9.92. The summed E-state index contributed by atoms with van der Waals surface area (Å²) in [5, 5.41) is 10.8. The topological polar surface area (TPSA) is 134 Å². The predicted octanol–water partition coefficient (Wildman–Crippen LogP) is 4.78. The number of ketones is 1. The van der Waals surface area contributed by atoms with Crippen LogP contribution < -0.4 is 26.3 Å². The summed E-state index contributed by atoms with van der Waals surface area (Å²) < 4.78 is 7.02. The number of hydrogen-bond acceptors (Lipinski definition) is 6. The minimum atomic E-state index is -2.89. The Kier molecular flexibility index (Phi) is 14.2. The molecule has 0 radical (unpaired) electrons. The number of rotatable bonds is 14. The second kappa shape index (κ2) is 18.0. The molecule has 0 aliphatic carbocycles. The molecule has 10 nitrogen and oxygen atoms in total. The zero-order chi connectivity index (χ0) is 39.0. The molecule has 2 aromatic rings. The summed E-state index contributed by atoms with van der Waals surface area (Å²) >= 11 is 0. The van der Waals surface area contributed by atoms with E-state index in [1.54, 1.807) is 11.8 Å². The van der Waals surface area contributed by atoms with Crippen LogP contribution in [0.4, 0.5) is 0 Å². The number of unbranched alkanes of at least 4 members (excludes halogenated alkanes) is 2. The van der Waals surface area contributed by atoms with Crippen LogP contribution in [0.15, 0.2) is 60.7 Å². The summed E-state index contributed by atoms with van der Waals surface area (Å²) in [5.41, 5.74) is -1.27. The molecular formula is C42H62N4O6Si. The van der Waals surface area contributed by atoms with Crippen molar-refractivity contribution < 1.29 is 28.4 Å². The molecule has 2 heterocycles. The van der Waals surface area contributed by atoms with E-state index in [2.05, 4.69) is 61.0 Å². The van der Waals surface area contributed by atoms with Crippen molar-refractivity contribution in [1.29, 1.82) is 0 Å². The molecule has 4 rings (SSSR count). The first-order valence-corrected chi connectivity index (χ1v) is 21.6. The Labute approximate surface area is 317 Å². The molecule has 0 aromatic heterocycles. The average Bonchev–Trinajstić information content (AvgIpc) is 3.64. The number of carbonyl (C=O) groups excluding carboxylic acids is 5. The molecule has 4 amide bonds. The molecule has 290 valence electrons. The molecule has 2 aliphatic heterocycles. The molecule has 2 aromatic carbocycles. The molecule has 53 heavy (non-hydrogen) atoms. The van der Waals surface area contributed by atoms with E-state index in [0.717, 1.165) is 10.4 Å². The Morgan fingerprint density at radius 3 is 2.06 bits per heavy atom. The van der Waals surface area contributed by atoms with Gasteiger partial charge in [0.05, 0.1) is 0 Å². The highest BCUT2D eigenvalue weighted by atomic mass is 28.4. The summed E-state index contributed by atoms with van der Waals surface area (Å²) in [5.74, 6) is -1.58. The summed E-state index contributed by atoms with van der Waals surface area (Å²) in [6.07, 6.45) is 4.01. The first-order valence-electron chi connectivity index (χ1n) is 19.6. The Balaban J connectivity index is 1.44. The monoisotopic (exact) mass is 746 g/mol. The Bertz CT molecular complexity index is 1540. The van der Waals surface area contributed by atoms with Crippen LogP contribution in [0.5, 0.6) is 0 Å². The van der Waals surface area contributed by atoms with E-state index in [4.69, 9.17) is 4.43 Å². The number of hydrogen-bond donors (Lipinski definition) is 3. The maximum Gasteiger partial charge on any atom is 0.262 e. The lowest BCUT2D eigenvalue weighted by Gasteiger charge is -2.44. The van der Waals surface area contributed by atoms with Gasteiger partial charge in [0.15, 0.2) is 5.78 Å². The minimum Gasteiger partial charge on any atom is -0.398 e. The lowest BCUT2D eigenvalue weighted by Crippen LogP contribution is -2.68. The summed E-state index contributed by atoms with van der Waals surface area (Å²) in [4.78, 5) is 70.1. The number of nitrogens with one attached hydrogen (secondary N) is 3. The van der Waals surface area contributed by atoms with Crippen molar-refractivity contribution in [3.8, 4) is 0 Å². The van der Waals surface area contributed by atoms with Gasteiger partial charge in [-0.1, -0.05) is 121 Å². The fraction of sp³-hybridized carbons (Fsp3) is 0.595. The van der Waals surface area contributed by atoms with Crippen LogP contribution in [0.1, 0.15) is 113 Å². The molecule has 2 saturated heterocycles. The molecule has 3 N–H and O–H groups in total. The standard InChI is InChI=1S/C42H62N4O6Si/c1-9-29(3)36-39(50)46-28-20-26-34(46)38(49)43-33(37(48)45-42(8,10-2)40(51)44-36)25-18-13-19-27-35(47)30(4)52-53(41(5,6)7,31-21-14-11-15-22-31)32-23-16-12-17-24-32/h11-12,14-17,21-24,29-30,33-34,36H,9-10,13,18-20,25-28H2,1-8H3,(H,43,49)(H,44,51)(H,45,48)/t29-,30-,33-,34+,36-,42-/m0/s1. The van der Waals surface area contributed by atoms with E-state index in [1.807, 2.05) is 64.1 Å². The Hall–Kier alpha value is -3.83. The fourth-order valence-electron chi connectivity index (χ4n) is 7.72. The molecule has 6 atom stereocenters. The minimum absolute atomic E-state index is 0.0291. The number of Topliss-reactive ketones (excluding diaryl/α,β-unsaturated/α-hetero) is 1. The number of amides is 4. The van der Waals surface area contributed by atoms with Gasteiger partial charge in [0.2, 0.25) is 23.6 Å². The van der Waals surface area contributed by atoms with E-state index in [-0.39, 0.29) is 28.6 Å². The molecule has 0 bridgehead atoms. The van der Waals surface area contributed by atoms with Gasteiger partial charge in [-0.05, 0) is 67.3 Å². The third-order valence-corrected chi connectivity index (χ3v) is 16.6. The highest BCUT2D eigenvalue weighted by Crippen LogP contribution is 2.37. The third-order valence-electron chi connectivity index (χ3n) is 11.5. The molecule has 2 fully saturated rings. The number of benzene rings is 2. The van der Waals surface area contributed by atoms with E-state index < -0.39 is 49.9 Å². The first-order chi connectivity index (χ1) is 25.1. The predicted molar refractivity (Wildman–Crippen MR) is 211 cm³/mol. The smallest absolute Gasteiger partial charge is 0.262 e. The molecule has 11 heteroatoms. The highest BCUT2D eigenvalue weighted by Gasteiger charge is 2.51. The van der Waals surface area contributed by atoms with Gasteiger partial charge in [0.25, 0.3) is 8.32 Å². The van der Waals surface area contributed by atoms with Gasteiger partial charge in [-0.25, -0.2) is 0 Å².